The first-order chi connectivity index (χ1) is 15.4. The van der Waals surface area contributed by atoms with Crippen molar-refractivity contribution in [3.8, 4) is 11.3 Å². The number of nitrogens with zero attached hydrogens (tertiary/aromatic N) is 3. The highest BCUT2D eigenvalue weighted by molar-refractivity contribution is 5.89. The Balaban J connectivity index is 1.38. The number of urea groups is 1. The summed E-state index contributed by atoms with van der Waals surface area (Å²) in [6, 6.07) is 11.7. The molecule has 32 heavy (non-hydrogen) atoms. The van der Waals surface area contributed by atoms with Gasteiger partial charge in [-0.2, -0.15) is 5.10 Å². The number of carbonyl (C=O) groups is 1. The fraction of sp³-hybridized carbons (Fsp3) is 0.261. The lowest BCUT2D eigenvalue weighted by Gasteiger charge is -2.32. The molecule has 2 amide bonds. The molecule has 2 aromatic carbocycles. The third-order valence-electron chi connectivity index (χ3n) is 5.53. The van der Waals surface area contributed by atoms with Gasteiger partial charge in [-0.3, -0.25) is 4.79 Å². The van der Waals surface area contributed by atoms with Crippen molar-refractivity contribution in [1.29, 1.82) is 0 Å². The van der Waals surface area contributed by atoms with Crippen molar-refractivity contribution >= 4 is 11.7 Å². The van der Waals surface area contributed by atoms with Crippen LogP contribution >= 0.6 is 0 Å². The molecule has 1 saturated heterocycles. The van der Waals surface area contributed by atoms with E-state index >= 15 is 0 Å². The molecule has 0 spiro atoms. The maximum Gasteiger partial charge on any atom is 0.322 e. The number of amides is 2. The van der Waals surface area contributed by atoms with Crippen molar-refractivity contribution < 1.29 is 18.0 Å². The van der Waals surface area contributed by atoms with Gasteiger partial charge in [0.2, 0.25) is 0 Å². The van der Waals surface area contributed by atoms with Crippen LogP contribution in [0.15, 0.2) is 59.4 Å². The number of hydrogen-bond donors (Lipinski definition) is 1. The van der Waals surface area contributed by atoms with E-state index in [1.54, 1.807) is 18.2 Å². The van der Waals surface area contributed by atoms with Crippen molar-refractivity contribution in [2.45, 2.75) is 19.4 Å². The van der Waals surface area contributed by atoms with Crippen molar-refractivity contribution in [3.63, 3.8) is 0 Å². The molecule has 0 atom stereocenters. The van der Waals surface area contributed by atoms with E-state index in [4.69, 9.17) is 0 Å². The Hall–Kier alpha value is -3.62. The van der Waals surface area contributed by atoms with Gasteiger partial charge in [0.25, 0.3) is 5.56 Å². The lowest BCUT2D eigenvalue weighted by molar-refractivity contribution is 0.174. The standard InChI is InChI=1S/C23H21F3N4O2/c24-17-6-4-16(5-7-17)20-8-9-21(31)30(28-20)14-15-10-12-29(13-11-15)23(32)27-22-18(25)2-1-3-19(22)26/h1-9,15H,10-14H2,(H,27,32). The highest BCUT2D eigenvalue weighted by atomic mass is 19.1. The van der Waals surface area contributed by atoms with Gasteiger partial charge in [0.15, 0.2) is 0 Å². The van der Waals surface area contributed by atoms with Gasteiger partial charge < -0.3 is 10.2 Å². The molecule has 9 heteroatoms. The molecule has 1 aliphatic rings. The van der Waals surface area contributed by atoms with Gasteiger partial charge in [0.1, 0.15) is 23.1 Å². The van der Waals surface area contributed by atoms with Gasteiger partial charge in [0.05, 0.1) is 5.69 Å². The Kier molecular flexibility index (Phi) is 6.25. The van der Waals surface area contributed by atoms with Gasteiger partial charge >= 0.3 is 6.03 Å². The van der Waals surface area contributed by atoms with E-state index in [0.29, 0.717) is 43.7 Å². The maximum atomic E-state index is 13.8. The monoisotopic (exact) mass is 442 g/mol. The average Bonchev–Trinajstić information content (AvgIpc) is 2.79. The van der Waals surface area contributed by atoms with E-state index in [-0.39, 0.29) is 17.3 Å². The van der Waals surface area contributed by atoms with E-state index in [1.165, 1.54) is 33.8 Å². The molecule has 0 radical (unpaired) electrons. The molecule has 2 heterocycles. The topological polar surface area (TPSA) is 67.2 Å². The van der Waals surface area contributed by atoms with Crippen LogP contribution in [-0.4, -0.2) is 33.8 Å². The molecule has 4 rings (SSSR count). The molecule has 0 unspecified atom stereocenters. The Morgan fingerprint density at radius 2 is 1.62 bits per heavy atom. The summed E-state index contributed by atoms with van der Waals surface area (Å²) in [4.78, 5) is 26.2. The minimum absolute atomic E-state index is 0.109. The van der Waals surface area contributed by atoms with Crippen molar-refractivity contribution in [3.05, 3.63) is 82.4 Å². The molecule has 0 saturated carbocycles. The maximum absolute atomic E-state index is 13.8. The minimum Gasteiger partial charge on any atom is -0.325 e. The van der Waals surface area contributed by atoms with E-state index in [0.717, 1.165) is 12.1 Å². The summed E-state index contributed by atoms with van der Waals surface area (Å²) in [6.07, 6.45) is 1.23. The van der Waals surface area contributed by atoms with Crippen LogP contribution in [0.4, 0.5) is 23.7 Å². The zero-order valence-electron chi connectivity index (χ0n) is 17.1. The highest BCUT2D eigenvalue weighted by Gasteiger charge is 2.25. The number of halogens is 3. The summed E-state index contributed by atoms with van der Waals surface area (Å²) in [5.41, 5.74) is 0.555. The Labute approximate surface area is 182 Å². The van der Waals surface area contributed by atoms with E-state index in [9.17, 15) is 22.8 Å². The second kappa shape index (κ2) is 9.25. The van der Waals surface area contributed by atoms with Gasteiger partial charge in [-0.05, 0) is 61.2 Å². The van der Waals surface area contributed by atoms with Gasteiger partial charge in [0, 0.05) is 31.3 Å². The molecule has 6 nitrogen and oxygen atoms in total. The SMILES string of the molecule is O=C(Nc1c(F)cccc1F)N1CCC(Cn2nc(-c3ccc(F)cc3)ccc2=O)CC1. The summed E-state index contributed by atoms with van der Waals surface area (Å²) in [5.74, 6) is -1.91. The normalized spacial score (nSPS) is 14.4. The van der Waals surface area contributed by atoms with Crippen LogP contribution in [-0.2, 0) is 6.54 Å². The number of hydrogen-bond acceptors (Lipinski definition) is 3. The largest absolute Gasteiger partial charge is 0.325 e. The summed E-state index contributed by atoms with van der Waals surface area (Å²) < 4.78 is 42.1. The smallest absolute Gasteiger partial charge is 0.322 e. The van der Waals surface area contributed by atoms with Crippen molar-refractivity contribution in [1.82, 2.24) is 14.7 Å². The third-order valence-corrected chi connectivity index (χ3v) is 5.53. The summed E-state index contributed by atoms with van der Waals surface area (Å²) in [6.45, 7) is 1.16. The van der Waals surface area contributed by atoms with Gasteiger partial charge in [-0.15, -0.1) is 0 Å². The first-order valence-electron chi connectivity index (χ1n) is 10.2. The summed E-state index contributed by atoms with van der Waals surface area (Å²) >= 11 is 0. The van der Waals surface area contributed by atoms with Crippen molar-refractivity contribution in [2.75, 3.05) is 18.4 Å². The predicted octanol–water partition coefficient (Wildman–Crippen LogP) is 4.27. The van der Waals surface area contributed by atoms with E-state index in [2.05, 4.69) is 10.4 Å². The van der Waals surface area contributed by atoms with Gasteiger partial charge in [-0.25, -0.2) is 22.6 Å². The lowest BCUT2D eigenvalue weighted by atomic mass is 9.97. The van der Waals surface area contributed by atoms with Crippen LogP contribution in [0, 0.1) is 23.4 Å². The van der Waals surface area contributed by atoms with Crippen LogP contribution in [0.2, 0.25) is 0 Å². The van der Waals surface area contributed by atoms with Crippen LogP contribution < -0.4 is 10.9 Å². The Morgan fingerprint density at radius 3 is 2.28 bits per heavy atom. The lowest BCUT2D eigenvalue weighted by Crippen LogP contribution is -2.42. The quantitative estimate of drug-likeness (QED) is 0.656. The molecule has 0 bridgehead atoms. The molecule has 0 aliphatic carbocycles. The molecular weight excluding hydrogens is 421 g/mol. The molecule has 166 valence electrons. The molecule has 1 aromatic heterocycles. The first-order valence-corrected chi connectivity index (χ1v) is 10.2. The Bertz CT molecular complexity index is 1150. The Morgan fingerprint density at radius 1 is 0.969 bits per heavy atom. The molecule has 3 aromatic rings. The second-order valence-corrected chi connectivity index (χ2v) is 7.70. The number of benzene rings is 2. The highest BCUT2D eigenvalue weighted by Crippen LogP contribution is 2.22. The summed E-state index contributed by atoms with van der Waals surface area (Å²) in [5, 5.41) is 6.70. The fourth-order valence-corrected chi connectivity index (χ4v) is 3.72. The minimum atomic E-state index is -0.834. The van der Waals surface area contributed by atoms with Crippen LogP contribution in [0.25, 0.3) is 11.3 Å². The van der Waals surface area contributed by atoms with E-state index < -0.39 is 23.4 Å². The average molecular weight is 442 g/mol. The third kappa shape index (κ3) is 4.82. The fourth-order valence-electron chi connectivity index (χ4n) is 3.72. The van der Waals surface area contributed by atoms with E-state index in [1.807, 2.05) is 0 Å². The number of anilines is 1. The number of aromatic nitrogens is 2. The second-order valence-electron chi connectivity index (χ2n) is 7.70. The number of carbonyl (C=O) groups excluding carboxylic acids is 1. The molecule has 1 aliphatic heterocycles. The summed E-state index contributed by atoms with van der Waals surface area (Å²) in [7, 11) is 0. The zero-order chi connectivity index (χ0) is 22.7. The molecular formula is C23H21F3N4O2. The van der Waals surface area contributed by atoms with Crippen LogP contribution in [0.3, 0.4) is 0 Å². The number of likely N-dealkylation sites (tertiary alicyclic amines) is 1. The first kappa shape index (κ1) is 21.6. The number of rotatable bonds is 4. The van der Waals surface area contributed by atoms with Crippen LogP contribution in [0.5, 0.6) is 0 Å². The van der Waals surface area contributed by atoms with Crippen molar-refractivity contribution in [2.24, 2.45) is 5.92 Å². The number of para-hydroxylation sites is 1. The molecule has 1 N–H and O–H groups in total. The molecule has 1 fully saturated rings. The zero-order valence-corrected chi connectivity index (χ0v) is 17.1. The van der Waals surface area contributed by atoms with Crippen LogP contribution in [0.1, 0.15) is 12.8 Å². The van der Waals surface area contributed by atoms with Gasteiger partial charge in [-0.1, -0.05) is 6.07 Å². The number of piperidine rings is 1. The number of nitrogens with one attached hydrogen (secondary N) is 1. The predicted molar refractivity (Wildman–Crippen MR) is 114 cm³/mol.